The molecule has 0 spiro atoms. The molecule has 6 heteroatoms. The Morgan fingerprint density at radius 1 is 0.786 bits per heavy atom. The molecular formula is C8H3Br5O. The van der Waals surface area contributed by atoms with E-state index < -0.39 is 0 Å². The summed E-state index contributed by atoms with van der Waals surface area (Å²) in [4.78, 5) is 0. The molecule has 0 saturated carbocycles. The van der Waals surface area contributed by atoms with Crippen LogP contribution in [-0.4, -0.2) is 6.61 Å². The number of epoxide rings is 1. The summed E-state index contributed by atoms with van der Waals surface area (Å²) < 4.78 is 10.3. The third kappa shape index (κ3) is 2.02. The lowest BCUT2D eigenvalue weighted by molar-refractivity contribution is 0.414. The number of ether oxygens (including phenoxy) is 1. The van der Waals surface area contributed by atoms with Gasteiger partial charge in [-0.25, -0.2) is 0 Å². The second-order valence-electron chi connectivity index (χ2n) is 2.81. The normalized spacial score (nSPS) is 19.9. The minimum atomic E-state index is 0.208. The topological polar surface area (TPSA) is 12.5 Å². The molecule has 0 radical (unpaired) electrons. The van der Waals surface area contributed by atoms with E-state index in [4.69, 9.17) is 4.74 Å². The van der Waals surface area contributed by atoms with Crippen molar-refractivity contribution in [1.82, 2.24) is 0 Å². The van der Waals surface area contributed by atoms with Crippen LogP contribution in [0.1, 0.15) is 11.7 Å². The van der Waals surface area contributed by atoms with E-state index >= 15 is 0 Å². The fourth-order valence-corrected chi connectivity index (χ4v) is 4.71. The summed E-state index contributed by atoms with van der Waals surface area (Å²) in [6, 6.07) is 0. The summed E-state index contributed by atoms with van der Waals surface area (Å²) in [5, 5.41) is 0. The van der Waals surface area contributed by atoms with Crippen molar-refractivity contribution in [2.45, 2.75) is 6.10 Å². The SMILES string of the molecule is Brc1c(Br)c(Br)c(C2CO2)c(Br)c1Br. The number of halogens is 5. The summed E-state index contributed by atoms with van der Waals surface area (Å²) in [6.45, 7) is 0.789. The smallest absolute Gasteiger partial charge is 0.108 e. The van der Waals surface area contributed by atoms with Crippen molar-refractivity contribution in [2.24, 2.45) is 0 Å². The molecule has 0 N–H and O–H groups in total. The zero-order valence-corrected chi connectivity index (χ0v) is 14.5. The lowest BCUT2D eigenvalue weighted by Crippen LogP contribution is -1.90. The molecule has 1 nitrogen and oxygen atoms in total. The van der Waals surface area contributed by atoms with Crippen molar-refractivity contribution in [2.75, 3.05) is 6.61 Å². The molecule has 0 aliphatic carbocycles. The van der Waals surface area contributed by atoms with E-state index in [2.05, 4.69) is 79.6 Å². The van der Waals surface area contributed by atoms with Crippen LogP contribution in [0.5, 0.6) is 0 Å². The molecule has 0 bridgehead atoms. The molecule has 0 amide bonds. The van der Waals surface area contributed by atoms with Crippen LogP contribution < -0.4 is 0 Å². The molecular weight excluding hydrogens is 512 g/mol. The molecule has 1 aromatic rings. The quantitative estimate of drug-likeness (QED) is 0.271. The first-order chi connectivity index (χ1) is 6.54. The highest BCUT2D eigenvalue weighted by Crippen LogP contribution is 2.49. The standard InChI is InChI=1S/C8H3Br5O/c9-4-3(2-1-14-2)5(10)7(12)8(13)6(4)11/h2H,1H2. The lowest BCUT2D eigenvalue weighted by Gasteiger charge is -2.11. The van der Waals surface area contributed by atoms with Crippen molar-refractivity contribution in [3.63, 3.8) is 0 Å². The molecule has 1 atom stereocenters. The Kier molecular flexibility index (Phi) is 3.83. The molecule has 1 aromatic carbocycles. The van der Waals surface area contributed by atoms with Gasteiger partial charge in [0.05, 0.1) is 6.61 Å². The van der Waals surface area contributed by atoms with Gasteiger partial charge in [0.2, 0.25) is 0 Å². The van der Waals surface area contributed by atoms with Gasteiger partial charge in [0.25, 0.3) is 0 Å². The zero-order chi connectivity index (χ0) is 10.5. The van der Waals surface area contributed by atoms with Crippen LogP contribution in [0, 0.1) is 0 Å². The maximum absolute atomic E-state index is 5.29. The number of hydrogen-bond acceptors (Lipinski definition) is 1. The number of rotatable bonds is 1. The monoisotopic (exact) mass is 510 g/mol. The predicted molar refractivity (Wildman–Crippen MR) is 73.6 cm³/mol. The van der Waals surface area contributed by atoms with Gasteiger partial charge in [-0.3, -0.25) is 0 Å². The van der Waals surface area contributed by atoms with E-state index in [0.717, 1.165) is 34.5 Å². The first-order valence-electron chi connectivity index (χ1n) is 3.67. The second kappa shape index (κ2) is 4.45. The van der Waals surface area contributed by atoms with Gasteiger partial charge in [-0.05, 0) is 79.6 Å². The van der Waals surface area contributed by atoms with Gasteiger partial charge in [-0.15, -0.1) is 0 Å². The minimum absolute atomic E-state index is 0.208. The average molecular weight is 515 g/mol. The molecule has 1 saturated heterocycles. The third-order valence-corrected chi connectivity index (χ3v) is 8.05. The van der Waals surface area contributed by atoms with E-state index in [9.17, 15) is 0 Å². The highest BCUT2D eigenvalue weighted by atomic mass is 79.9. The highest BCUT2D eigenvalue weighted by Gasteiger charge is 2.32. The van der Waals surface area contributed by atoms with Gasteiger partial charge >= 0.3 is 0 Å². The zero-order valence-electron chi connectivity index (χ0n) is 6.58. The molecule has 1 aliphatic heterocycles. The molecule has 2 rings (SSSR count). The summed E-state index contributed by atoms with van der Waals surface area (Å²) >= 11 is 17.6. The van der Waals surface area contributed by atoms with E-state index in [-0.39, 0.29) is 6.10 Å². The number of hydrogen-bond donors (Lipinski definition) is 0. The van der Waals surface area contributed by atoms with Crippen LogP contribution in [0.15, 0.2) is 22.4 Å². The molecule has 1 unspecified atom stereocenters. The van der Waals surface area contributed by atoms with Gasteiger partial charge in [0.15, 0.2) is 0 Å². The fraction of sp³-hybridized carbons (Fsp3) is 0.250. The van der Waals surface area contributed by atoms with E-state index in [1.807, 2.05) is 0 Å². The largest absolute Gasteiger partial charge is 0.368 e. The average Bonchev–Trinajstić information content (AvgIpc) is 2.96. The second-order valence-corrected chi connectivity index (χ2v) is 6.77. The van der Waals surface area contributed by atoms with Crippen LogP contribution >= 0.6 is 79.6 Å². The first kappa shape index (κ1) is 12.0. The van der Waals surface area contributed by atoms with Gasteiger partial charge in [-0.1, -0.05) is 0 Å². The maximum Gasteiger partial charge on any atom is 0.108 e. The Morgan fingerprint density at radius 2 is 1.14 bits per heavy atom. The lowest BCUT2D eigenvalue weighted by atomic mass is 10.2. The van der Waals surface area contributed by atoms with Gasteiger partial charge in [-0.2, -0.15) is 0 Å². The summed E-state index contributed by atoms with van der Waals surface area (Å²) in [6.07, 6.45) is 0.208. The van der Waals surface area contributed by atoms with Crippen molar-refractivity contribution in [3.8, 4) is 0 Å². The van der Waals surface area contributed by atoms with E-state index in [1.54, 1.807) is 0 Å². The minimum Gasteiger partial charge on any atom is -0.368 e. The van der Waals surface area contributed by atoms with Gasteiger partial charge < -0.3 is 4.74 Å². The van der Waals surface area contributed by atoms with Crippen molar-refractivity contribution in [3.05, 3.63) is 27.9 Å². The summed E-state index contributed by atoms with van der Waals surface area (Å²) in [5.41, 5.74) is 1.15. The Balaban J connectivity index is 2.69. The maximum atomic E-state index is 5.29. The Labute approximate surface area is 124 Å². The Hall–Kier alpha value is 1.58. The fourth-order valence-electron chi connectivity index (χ4n) is 1.12. The summed E-state index contributed by atoms with van der Waals surface area (Å²) in [5.74, 6) is 0. The Morgan fingerprint density at radius 3 is 1.50 bits per heavy atom. The first-order valence-corrected chi connectivity index (χ1v) is 7.63. The van der Waals surface area contributed by atoms with E-state index in [1.165, 1.54) is 0 Å². The molecule has 1 fully saturated rings. The predicted octanol–water partition coefficient (Wildman–Crippen LogP) is 5.57. The molecule has 0 aromatic heterocycles. The van der Waals surface area contributed by atoms with Crippen molar-refractivity contribution in [1.29, 1.82) is 0 Å². The molecule has 1 aliphatic rings. The van der Waals surface area contributed by atoms with Crippen LogP contribution in [0.25, 0.3) is 0 Å². The van der Waals surface area contributed by atoms with Crippen LogP contribution in [0.3, 0.4) is 0 Å². The number of benzene rings is 1. The summed E-state index contributed by atoms with van der Waals surface area (Å²) in [7, 11) is 0. The molecule has 76 valence electrons. The van der Waals surface area contributed by atoms with Gasteiger partial charge in [0.1, 0.15) is 6.10 Å². The van der Waals surface area contributed by atoms with Crippen LogP contribution in [0.4, 0.5) is 0 Å². The van der Waals surface area contributed by atoms with E-state index in [0.29, 0.717) is 0 Å². The van der Waals surface area contributed by atoms with Crippen molar-refractivity contribution < 1.29 is 4.74 Å². The Bertz CT molecular complexity index is 370. The molecule has 14 heavy (non-hydrogen) atoms. The van der Waals surface area contributed by atoms with Crippen molar-refractivity contribution >= 4 is 79.6 Å². The highest BCUT2D eigenvalue weighted by molar-refractivity contribution is 9.15. The van der Waals surface area contributed by atoms with Gasteiger partial charge in [0, 0.05) is 27.9 Å². The van der Waals surface area contributed by atoms with Crippen LogP contribution in [0.2, 0.25) is 0 Å². The molecule has 1 heterocycles. The van der Waals surface area contributed by atoms with Crippen LogP contribution in [-0.2, 0) is 4.74 Å². The third-order valence-electron chi connectivity index (χ3n) is 1.90.